The molecule has 0 spiro atoms. The Bertz CT molecular complexity index is 740. The molecule has 25 heavy (non-hydrogen) atoms. The van der Waals surface area contributed by atoms with Crippen LogP contribution in [0.3, 0.4) is 0 Å². The van der Waals surface area contributed by atoms with Crippen molar-refractivity contribution in [2.24, 2.45) is 0 Å². The van der Waals surface area contributed by atoms with E-state index in [1.54, 1.807) is 0 Å². The van der Waals surface area contributed by atoms with Crippen molar-refractivity contribution in [2.75, 3.05) is 19.6 Å². The Morgan fingerprint density at radius 2 is 1.88 bits per heavy atom. The van der Waals surface area contributed by atoms with E-state index in [2.05, 4.69) is 35.7 Å². The van der Waals surface area contributed by atoms with Crippen LogP contribution in [0.25, 0.3) is 5.57 Å². The van der Waals surface area contributed by atoms with Crippen LogP contribution in [-0.2, 0) is 4.79 Å². The standard InChI is InChI=1S/C21H23ClN2O/c1-16(17-7-9-20(22)10-8-17)23-21(25)15-24-13-11-19(12-14-24)18-5-3-2-4-6-18/h2-11,16H,12-15H2,1H3,(H,23,25)/p+1/t16-/m0/s1. The highest BCUT2D eigenvalue weighted by atomic mass is 35.5. The first-order valence-corrected chi connectivity index (χ1v) is 9.12. The van der Waals surface area contributed by atoms with Crippen LogP contribution in [0.2, 0.25) is 5.02 Å². The predicted octanol–water partition coefficient (Wildman–Crippen LogP) is 2.89. The summed E-state index contributed by atoms with van der Waals surface area (Å²) in [5.41, 5.74) is 3.75. The van der Waals surface area contributed by atoms with Gasteiger partial charge in [-0.25, -0.2) is 0 Å². The second kappa shape index (κ2) is 8.32. The number of rotatable bonds is 5. The van der Waals surface area contributed by atoms with E-state index in [1.807, 2.05) is 37.3 Å². The largest absolute Gasteiger partial charge is 0.345 e. The van der Waals surface area contributed by atoms with E-state index in [0.717, 1.165) is 25.1 Å². The molecule has 1 unspecified atom stereocenters. The van der Waals surface area contributed by atoms with Crippen LogP contribution in [0.1, 0.15) is 30.5 Å². The lowest BCUT2D eigenvalue weighted by Crippen LogP contribution is -3.13. The van der Waals surface area contributed by atoms with Gasteiger partial charge in [-0.15, -0.1) is 0 Å². The lowest BCUT2D eigenvalue weighted by Gasteiger charge is -2.24. The van der Waals surface area contributed by atoms with Crippen molar-refractivity contribution in [1.82, 2.24) is 5.32 Å². The zero-order valence-corrected chi connectivity index (χ0v) is 15.2. The van der Waals surface area contributed by atoms with Gasteiger partial charge in [0.25, 0.3) is 5.91 Å². The average Bonchev–Trinajstić information content (AvgIpc) is 2.63. The molecule has 4 heteroatoms. The summed E-state index contributed by atoms with van der Waals surface area (Å²) < 4.78 is 0. The highest BCUT2D eigenvalue weighted by Gasteiger charge is 2.20. The smallest absolute Gasteiger partial charge is 0.275 e. The Balaban J connectivity index is 1.51. The zero-order chi connectivity index (χ0) is 17.6. The summed E-state index contributed by atoms with van der Waals surface area (Å²) in [6.45, 7) is 4.40. The van der Waals surface area contributed by atoms with E-state index in [-0.39, 0.29) is 11.9 Å². The van der Waals surface area contributed by atoms with E-state index >= 15 is 0 Å². The number of halogens is 1. The molecule has 0 bridgehead atoms. The van der Waals surface area contributed by atoms with Crippen molar-refractivity contribution in [3.05, 3.63) is 76.8 Å². The van der Waals surface area contributed by atoms with Crippen LogP contribution in [-0.4, -0.2) is 25.5 Å². The Morgan fingerprint density at radius 3 is 2.52 bits per heavy atom. The normalized spacial score (nSPS) is 18.3. The first-order valence-electron chi connectivity index (χ1n) is 8.74. The summed E-state index contributed by atoms with van der Waals surface area (Å²) in [6.07, 6.45) is 3.28. The monoisotopic (exact) mass is 355 g/mol. The van der Waals surface area contributed by atoms with E-state index < -0.39 is 0 Å². The van der Waals surface area contributed by atoms with Gasteiger partial charge in [0.1, 0.15) is 0 Å². The SMILES string of the molecule is C[C@H](NC(=O)C[NH+]1CC=C(c2ccccc2)CC1)c1ccc(Cl)cc1. The molecular formula is C21H24ClN2O+. The minimum atomic E-state index is -0.00983. The third kappa shape index (κ3) is 4.94. The second-order valence-electron chi connectivity index (χ2n) is 6.57. The first-order chi connectivity index (χ1) is 12.1. The van der Waals surface area contributed by atoms with E-state index in [4.69, 9.17) is 11.6 Å². The predicted molar refractivity (Wildman–Crippen MR) is 103 cm³/mol. The minimum absolute atomic E-state index is 0.00983. The van der Waals surface area contributed by atoms with E-state index in [1.165, 1.54) is 16.0 Å². The quantitative estimate of drug-likeness (QED) is 0.849. The van der Waals surface area contributed by atoms with Crippen molar-refractivity contribution in [1.29, 1.82) is 0 Å². The number of nitrogens with one attached hydrogen (secondary N) is 2. The molecule has 0 aromatic heterocycles. The molecule has 0 saturated carbocycles. The molecule has 3 rings (SSSR count). The second-order valence-corrected chi connectivity index (χ2v) is 7.00. The molecule has 1 aliphatic heterocycles. The van der Waals surface area contributed by atoms with Gasteiger partial charge in [0.15, 0.2) is 6.54 Å². The van der Waals surface area contributed by atoms with Crippen molar-refractivity contribution in [3.8, 4) is 0 Å². The first kappa shape index (κ1) is 17.7. The van der Waals surface area contributed by atoms with Crippen molar-refractivity contribution >= 4 is 23.1 Å². The Kier molecular flexibility index (Phi) is 5.90. The van der Waals surface area contributed by atoms with Crippen LogP contribution in [0.5, 0.6) is 0 Å². The summed E-state index contributed by atoms with van der Waals surface area (Å²) in [6, 6.07) is 18.1. The molecule has 2 aromatic rings. The summed E-state index contributed by atoms with van der Waals surface area (Å²) >= 11 is 5.91. The maximum absolute atomic E-state index is 12.3. The van der Waals surface area contributed by atoms with E-state index in [9.17, 15) is 4.79 Å². The molecule has 0 saturated heterocycles. The topological polar surface area (TPSA) is 33.5 Å². The average molecular weight is 356 g/mol. The summed E-state index contributed by atoms with van der Waals surface area (Å²) in [7, 11) is 0. The van der Waals surface area contributed by atoms with E-state index in [0.29, 0.717) is 11.6 Å². The van der Waals surface area contributed by atoms with Crippen LogP contribution >= 0.6 is 11.6 Å². The van der Waals surface area contributed by atoms with Gasteiger partial charge in [0.2, 0.25) is 0 Å². The molecule has 0 fully saturated rings. The Morgan fingerprint density at radius 1 is 1.16 bits per heavy atom. The summed E-state index contributed by atoms with van der Waals surface area (Å²) in [5, 5.41) is 3.79. The third-order valence-electron chi connectivity index (χ3n) is 4.69. The van der Waals surface area contributed by atoms with Gasteiger partial charge in [-0.05, 0) is 41.8 Å². The molecule has 1 aliphatic rings. The van der Waals surface area contributed by atoms with Crippen molar-refractivity contribution < 1.29 is 9.69 Å². The molecule has 1 amide bonds. The lowest BCUT2D eigenvalue weighted by molar-refractivity contribution is -0.886. The van der Waals surface area contributed by atoms with Crippen molar-refractivity contribution in [3.63, 3.8) is 0 Å². The number of hydrogen-bond acceptors (Lipinski definition) is 1. The molecule has 0 radical (unpaired) electrons. The van der Waals surface area contributed by atoms with Crippen LogP contribution in [0.15, 0.2) is 60.7 Å². The zero-order valence-electron chi connectivity index (χ0n) is 14.5. The molecular weight excluding hydrogens is 332 g/mol. The molecule has 1 heterocycles. The number of hydrogen-bond donors (Lipinski definition) is 2. The number of benzene rings is 2. The molecule has 0 aliphatic carbocycles. The number of carbonyl (C=O) groups is 1. The fourth-order valence-corrected chi connectivity index (χ4v) is 3.34. The van der Waals surface area contributed by atoms with Gasteiger partial charge < -0.3 is 10.2 Å². The van der Waals surface area contributed by atoms with Gasteiger partial charge >= 0.3 is 0 Å². The number of amides is 1. The van der Waals surface area contributed by atoms with Gasteiger partial charge in [-0.1, -0.05) is 54.1 Å². The fourth-order valence-electron chi connectivity index (χ4n) is 3.21. The van der Waals surface area contributed by atoms with Gasteiger partial charge in [-0.2, -0.15) is 0 Å². The Hall–Kier alpha value is -2.10. The lowest BCUT2D eigenvalue weighted by atomic mass is 9.99. The minimum Gasteiger partial charge on any atom is -0.345 e. The van der Waals surface area contributed by atoms with Gasteiger partial charge in [0.05, 0.1) is 19.1 Å². The molecule has 2 aromatic carbocycles. The van der Waals surface area contributed by atoms with Crippen molar-refractivity contribution in [2.45, 2.75) is 19.4 Å². The van der Waals surface area contributed by atoms with Gasteiger partial charge in [-0.3, -0.25) is 4.79 Å². The number of carbonyl (C=O) groups excluding carboxylic acids is 1. The third-order valence-corrected chi connectivity index (χ3v) is 4.94. The van der Waals surface area contributed by atoms with Crippen LogP contribution < -0.4 is 10.2 Å². The van der Waals surface area contributed by atoms with Crippen LogP contribution in [0, 0.1) is 0 Å². The maximum atomic E-state index is 12.3. The van der Waals surface area contributed by atoms with Gasteiger partial charge in [0, 0.05) is 11.4 Å². The summed E-state index contributed by atoms with van der Waals surface area (Å²) in [5.74, 6) is 0.0917. The highest BCUT2D eigenvalue weighted by molar-refractivity contribution is 6.30. The van der Waals surface area contributed by atoms with Crippen LogP contribution in [0.4, 0.5) is 0 Å². The highest BCUT2D eigenvalue weighted by Crippen LogP contribution is 2.18. The Labute approximate surface area is 154 Å². The molecule has 2 N–H and O–H groups in total. The molecule has 2 atom stereocenters. The molecule has 130 valence electrons. The summed E-state index contributed by atoms with van der Waals surface area (Å²) in [4.78, 5) is 13.6. The molecule has 3 nitrogen and oxygen atoms in total. The maximum Gasteiger partial charge on any atom is 0.275 e. The number of quaternary nitrogens is 1. The fraction of sp³-hybridized carbons (Fsp3) is 0.286.